The van der Waals surface area contributed by atoms with Crippen molar-refractivity contribution >= 4 is 0 Å². The smallest absolute Gasteiger partial charge is 0.0622 e. The summed E-state index contributed by atoms with van der Waals surface area (Å²) in [6.07, 6.45) is 0. The van der Waals surface area contributed by atoms with Crippen LogP contribution in [0.1, 0.15) is 48.6 Å². The Labute approximate surface area is 173 Å². The van der Waals surface area contributed by atoms with Crippen LogP contribution >= 0.6 is 0 Å². The maximum absolute atomic E-state index is 2.33. The maximum atomic E-state index is 2.33. The second kappa shape index (κ2) is 6.46. The Kier molecular flexibility index (Phi) is 3.99. The van der Waals surface area contributed by atoms with Crippen molar-refractivity contribution in [1.29, 1.82) is 0 Å². The fraction of sp³-hybridized carbons (Fsp3) is 0.172. The zero-order valence-corrected chi connectivity index (χ0v) is 17.3. The van der Waals surface area contributed by atoms with E-state index in [1.54, 1.807) is 0 Å². The van der Waals surface area contributed by atoms with Gasteiger partial charge in [-0.2, -0.15) is 0 Å². The van der Waals surface area contributed by atoms with E-state index < -0.39 is 0 Å². The molecule has 0 saturated carbocycles. The van der Waals surface area contributed by atoms with Crippen LogP contribution in [0.3, 0.4) is 0 Å². The summed E-state index contributed by atoms with van der Waals surface area (Å²) in [5, 5.41) is 0. The van der Waals surface area contributed by atoms with Crippen molar-refractivity contribution in [3.63, 3.8) is 0 Å². The molecule has 1 aliphatic rings. The first-order valence-electron chi connectivity index (χ1n) is 10.4. The molecule has 0 bridgehead atoms. The average molecular weight is 375 g/mol. The van der Waals surface area contributed by atoms with E-state index in [9.17, 15) is 0 Å². The van der Waals surface area contributed by atoms with Gasteiger partial charge >= 0.3 is 0 Å². The van der Waals surface area contributed by atoms with Crippen molar-refractivity contribution in [1.82, 2.24) is 0 Å². The Morgan fingerprint density at radius 3 is 1.62 bits per heavy atom. The van der Waals surface area contributed by atoms with Crippen LogP contribution in [0.4, 0.5) is 0 Å². The van der Waals surface area contributed by atoms with E-state index in [2.05, 4.69) is 124 Å². The highest BCUT2D eigenvalue weighted by atomic mass is 14.5. The Bertz CT molecular complexity index is 1120. The molecule has 0 saturated heterocycles. The van der Waals surface area contributed by atoms with Gasteiger partial charge in [0.1, 0.15) is 0 Å². The highest BCUT2D eigenvalue weighted by Gasteiger charge is 2.48. The summed E-state index contributed by atoms with van der Waals surface area (Å²) < 4.78 is 0. The molecule has 29 heavy (non-hydrogen) atoms. The lowest BCUT2D eigenvalue weighted by Crippen LogP contribution is -2.31. The minimum absolute atomic E-state index is 0.0438. The normalized spacial score (nSPS) is 14.3. The van der Waals surface area contributed by atoms with Gasteiger partial charge in [0.15, 0.2) is 0 Å². The number of hydrogen-bond acceptors (Lipinski definition) is 0. The molecule has 0 fully saturated rings. The van der Waals surface area contributed by atoms with Crippen LogP contribution in [0.2, 0.25) is 0 Å². The molecule has 0 heterocycles. The molecule has 0 N–H and O–H groups in total. The zero-order valence-electron chi connectivity index (χ0n) is 17.3. The second-order valence-corrected chi connectivity index (χ2v) is 9.01. The third kappa shape index (κ3) is 2.52. The summed E-state index contributed by atoms with van der Waals surface area (Å²) in [5.74, 6) is 0. The summed E-state index contributed by atoms with van der Waals surface area (Å²) >= 11 is 0. The predicted octanol–water partition coefficient (Wildman–Crippen LogP) is 7.35. The fourth-order valence-electron chi connectivity index (χ4n) is 5.13. The van der Waals surface area contributed by atoms with Crippen molar-refractivity contribution in [3.05, 3.63) is 131 Å². The molecule has 1 aliphatic carbocycles. The number of hydrogen-bond donors (Lipinski definition) is 0. The van der Waals surface area contributed by atoms with Gasteiger partial charge in [0.25, 0.3) is 0 Å². The van der Waals surface area contributed by atoms with Gasteiger partial charge in [-0.1, -0.05) is 124 Å². The number of fused-ring (bicyclic) bond motifs is 3. The van der Waals surface area contributed by atoms with Gasteiger partial charge < -0.3 is 0 Å². The second-order valence-electron chi connectivity index (χ2n) is 9.01. The monoisotopic (exact) mass is 374 g/mol. The molecular formula is C29H26. The lowest BCUT2D eigenvalue weighted by molar-refractivity contribution is 0.572. The molecule has 0 atom stereocenters. The maximum Gasteiger partial charge on any atom is 0.0716 e. The van der Waals surface area contributed by atoms with Gasteiger partial charge in [0.05, 0.1) is 5.41 Å². The Morgan fingerprint density at radius 2 is 1.03 bits per heavy atom. The van der Waals surface area contributed by atoms with Crippen LogP contribution in [0.15, 0.2) is 103 Å². The lowest BCUT2D eigenvalue weighted by atomic mass is 9.64. The quantitative estimate of drug-likeness (QED) is 0.303. The molecule has 0 spiro atoms. The van der Waals surface area contributed by atoms with Crippen molar-refractivity contribution in [2.75, 3.05) is 0 Å². The van der Waals surface area contributed by atoms with Crippen LogP contribution in [0.25, 0.3) is 11.1 Å². The van der Waals surface area contributed by atoms with Crippen LogP contribution in [-0.4, -0.2) is 0 Å². The van der Waals surface area contributed by atoms with Gasteiger partial charge in [-0.25, -0.2) is 0 Å². The zero-order chi connectivity index (χ0) is 20.1. The average Bonchev–Trinajstić information content (AvgIpc) is 3.06. The molecule has 0 heteroatoms. The third-order valence-corrected chi connectivity index (χ3v) is 6.28. The van der Waals surface area contributed by atoms with E-state index >= 15 is 0 Å². The van der Waals surface area contributed by atoms with E-state index in [1.165, 1.54) is 38.9 Å². The molecule has 4 aromatic carbocycles. The van der Waals surface area contributed by atoms with E-state index in [1.807, 2.05) is 0 Å². The van der Waals surface area contributed by atoms with Crippen LogP contribution in [0, 0.1) is 0 Å². The topological polar surface area (TPSA) is 0 Å². The highest BCUT2D eigenvalue weighted by Crippen LogP contribution is 2.58. The molecule has 0 aromatic heterocycles. The van der Waals surface area contributed by atoms with Crippen molar-refractivity contribution < 1.29 is 0 Å². The Morgan fingerprint density at radius 1 is 0.517 bits per heavy atom. The summed E-state index contributed by atoms with van der Waals surface area (Å²) in [5.41, 5.74) is 9.33. The van der Waals surface area contributed by atoms with E-state index in [-0.39, 0.29) is 10.8 Å². The van der Waals surface area contributed by atoms with E-state index in [4.69, 9.17) is 0 Å². The fourth-order valence-corrected chi connectivity index (χ4v) is 5.13. The van der Waals surface area contributed by atoms with Crippen molar-refractivity contribution in [2.24, 2.45) is 0 Å². The summed E-state index contributed by atoms with van der Waals surface area (Å²) in [6.45, 7) is 6.98. The Hall–Kier alpha value is -3.12. The first-order valence-corrected chi connectivity index (χ1v) is 10.4. The van der Waals surface area contributed by atoms with Crippen LogP contribution in [-0.2, 0) is 10.8 Å². The minimum atomic E-state index is -0.307. The molecular weight excluding hydrogens is 348 g/mol. The SMILES string of the molecule is CC(C)(C)c1cccc2c1C(c1ccccc1)(c1ccccc1)c1ccccc1-2. The van der Waals surface area contributed by atoms with E-state index in [0.29, 0.717) is 0 Å². The molecule has 4 aromatic rings. The van der Waals surface area contributed by atoms with Crippen molar-refractivity contribution in [2.45, 2.75) is 31.6 Å². The van der Waals surface area contributed by atoms with Gasteiger partial charge in [-0.05, 0) is 44.4 Å². The minimum Gasteiger partial charge on any atom is -0.0622 e. The largest absolute Gasteiger partial charge is 0.0716 e. The summed E-state index contributed by atoms with van der Waals surface area (Å²) in [4.78, 5) is 0. The van der Waals surface area contributed by atoms with Gasteiger partial charge in [0, 0.05) is 0 Å². The van der Waals surface area contributed by atoms with E-state index in [0.717, 1.165) is 0 Å². The van der Waals surface area contributed by atoms with Crippen LogP contribution < -0.4 is 0 Å². The highest BCUT2D eigenvalue weighted by molar-refractivity contribution is 5.87. The molecule has 0 unspecified atom stereocenters. The van der Waals surface area contributed by atoms with Crippen LogP contribution in [0.5, 0.6) is 0 Å². The first-order chi connectivity index (χ1) is 14.0. The van der Waals surface area contributed by atoms with Gasteiger partial charge in [0.2, 0.25) is 0 Å². The molecule has 0 amide bonds. The third-order valence-electron chi connectivity index (χ3n) is 6.28. The van der Waals surface area contributed by atoms with Gasteiger partial charge in [-0.15, -0.1) is 0 Å². The molecule has 0 nitrogen and oxygen atoms in total. The predicted molar refractivity (Wildman–Crippen MR) is 122 cm³/mol. The molecule has 0 aliphatic heterocycles. The van der Waals surface area contributed by atoms with Crippen molar-refractivity contribution in [3.8, 4) is 11.1 Å². The standard InChI is InChI=1S/C29H26/c1-28(2,3)26-20-12-18-24-23-17-10-11-19-25(23)29(27(24)26,21-13-6-4-7-14-21)22-15-8-5-9-16-22/h4-20H,1-3H3. The summed E-state index contributed by atoms with van der Waals surface area (Å²) in [7, 11) is 0. The first kappa shape index (κ1) is 17.9. The Balaban J connectivity index is 2.02. The number of benzene rings is 4. The molecule has 0 radical (unpaired) electrons. The molecule has 5 rings (SSSR count). The number of rotatable bonds is 2. The van der Waals surface area contributed by atoms with Gasteiger partial charge in [-0.3, -0.25) is 0 Å². The summed E-state index contributed by atoms with van der Waals surface area (Å²) in [6, 6.07) is 37.9. The molecule has 142 valence electrons. The lowest BCUT2D eigenvalue weighted by Gasteiger charge is -2.37.